The largest absolute Gasteiger partial charge is 0.478 e. The second kappa shape index (κ2) is 6.89. The number of rotatable bonds is 4. The first-order valence-electron chi connectivity index (χ1n) is 6.01. The number of nitrogens with one attached hydrogen (secondary N) is 1. The van der Waals surface area contributed by atoms with Gasteiger partial charge in [0.05, 0.1) is 9.90 Å². The Kier molecular flexibility index (Phi) is 4.94. The molecule has 0 saturated carbocycles. The van der Waals surface area contributed by atoms with Gasteiger partial charge in [-0.2, -0.15) is 5.26 Å². The Morgan fingerprint density at radius 1 is 1.32 bits per heavy atom. The van der Waals surface area contributed by atoms with Crippen molar-refractivity contribution in [3.63, 3.8) is 0 Å². The van der Waals surface area contributed by atoms with Gasteiger partial charge in [-0.1, -0.05) is 17.7 Å². The van der Waals surface area contributed by atoms with E-state index in [9.17, 15) is 9.59 Å². The predicted octanol–water partition coefficient (Wildman–Crippen LogP) is 3.65. The molecule has 1 heterocycles. The molecule has 0 saturated heterocycles. The number of thiophene rings is 1. The van der Waals surface area contributed by atoms with Crippen LogP contribution in [0.25, 0.3) is 6.08 Å². The summed E-state index contributed by atoms with van der Waals surface area (Å²) in [5.41, 5.74) is 0.250. The highest BCUT2D eigenvalue weighted by atomic mass is 35.5. The van der Waals surface area contributed by atoms with E-state index in [1.165, 1.54) is 35.6 Å². The molecule has 0 unspecified atom stereocenters. The maximum absolute atomic E-state index is 12.1. The first-order valence-corrected chi connectivity index (χ1v) is 7.21. The van der Waals surface area contributed by atoms with E-state index < -0.39 is 11.9 Å². The summed E-state index contributed by atoms with van der Waals surface area (Å²) in [5.74, 6) is -1.71. The van der Waals surface area contributed by atoms with Crippen LogP contribution in [-0.4, -0.2) is 17.0 Å². The van der Waals surface area contributed by atoms with E-state index in [0.29, 0.717) is 14.9 Å². The molecule has 7 heteroatoms. The van der Waals surface area contributed by atoms with Crippen molar-refractivity contribution in [3.05, 3.63) is 56.7 Å². The fourth-order valence-corrected chi connectivity index (χ4v) is 2.63. The first kappa shape index (κ1) is 15.8. The highest BCUT2D eigenvalue weighted by Gasteiger charge is 2.11. The van der Waals surface area contributed by atoms with Crippen LogP contribution in [0.4, 0.5) is 5.69 Å². The van der Waals surface area contributed by atoms with Gasteiger partial charge in [-0.15, -0.1) is 11.3 Å². The Morgan fingerprint density at radius 2 is 2.09 bits per heavy atom. The summed E-state index contributed by atoms with van der Waals surface area (Å²) in [6, 6.07) is 11.0. The minimum Gasteiger partial charge on any atom is -0.478 e. The molecule has 22 heavy (non-hydrogen) atoms. The molecule has 0 aliphatic rings. The molecule has 0 spiro atoms. The van der Waals surface area contributed by atoms with Crippen molar-refractivity contribution in [2.75, 3.05) is 5.32 Å². The summed E-state index contributed by atoms with van der Waals surface area (Å²) < 4.78 is 0.554. The number of carbonyl (C=O) groups excluding carboxylic acids is 1. The van der Waals surface area contributed by atoms with E-state index in [1.807, 2.05) is 6.07 Å². The number of benzene rings is 1. The molecule has 0 atom stereocenters. The Balaban J connectivity index is 2.20. The van der Waals surface area contributed by atoms with Gasteiger partial charge in [0.15, 0.2) is 0 Å². The smallest absolute Gasteiger partial charge is 0.335 e. The van der Waals surface area contributed by atoms with Crippen LogP contribution in [0.5, 0.6) is 0 Å². The minimum atomic E-state index is -1.10. The summed E-state index contributed by atoms with van der Waals surface area (Å²) in [5, 5.41) is 20.5. The summed E-state index contributed by atoms with van der Waals surface area (Å²) >= 11 is 7.04. The number of carboxylic acid groups (broad SMARTS) is 1. The first-order chi connectivity index (χ1) is 10.5. The zero-order chi connectivity index (χ0) is 16.1. The fraction of sp³-hybridized carbons (Fsp3) is 0. The van der Waals surface area contributed by atoms with Crippen molar-refractivity contribution in [2.24, 2.45) is 0 Å². The number of hydrogen-bond donors (Lipinski definition) is 2. The van der Waals surface area contributed by atoms with Gasteiger partial charge in [0, 0.05) is 10.6 Å². The van der Waals surface area contributed by atoms with Crippen molar-refractivity contribution in [3.8, 4) is 6.07 Å². The van der Waals surface area contributed by atoms with Crippen molar-refractivity contribution in [1.82, 2.24) is 0 Å². The third-order valence-corrected chi connectivity index (χ3v) is 3.79. The number of anilines is 1. The monoisotopic (exact) mass is 332 g/mol. The van der Waals surface area contributed by atoms with Crippen molar-refractivity contribution < 1.29 is 14.7 Å². The van der Waals surface area contributed by atoms with Gasteiger partial charge in [0.2, 0.25) is 0 Å². The predicted molar refractivity (Wildman–Crippen MR) is 85.0 cm³/mol. The van der Waals surface area contributed by atoms with Crippen LogP contribution in [-0.2, 0) is 4.79 Å². The molecule has 110 valence electrons. The number of nitriles is 1. The van der Waals surface area contributed by atoms with Crippen molar-refractivity contribution in [1.29, 1.82) is 5.26 Å². The van der Waals surface area contributed by atoms with E-state index in [4.69, 9.17) is 22.0 Å². The summed E-state index contributed by atoms with van der Waals surface area (Å²) in [6.07, 6.45) is 1.42. The van der Waals surface area contributed by atoms with Gasteiger partial charge in [-0.3, -0.25) is 4.79 Å². The van der Waals surface area contributed by atoms with Crippen LogP contribution in [0.1, 0.15) is 15.2 Å². The zero-order valence-corrected chi connectivity index (χ0v) is 12.6. The van der Waals surface area contributed by atoms with Gasteiger partial charge in [-0.05, 0) is 36.4 Å². The molecule has 0 bridgehead atoms. The molecule has 1 aromatic heterocycles. The lowest BCUT2D eigenvalue weighted by Gasteiger charge is -2.05. The third kappa shape index (κ3) is 3.95. The van der Waals surface area contributed by atoms with Gasteiger partial charge in [0.1, 0.15) is 11.6 Å². The molecule has 2 aromatic rings. The number of halogens is 1. The van der Waals surface area contributed by atoms with Crippen LogP contribution in [0.3, 0.4) is 0 Å². The van der Waals surface area contributed by atoms with E-state index >= 15 is 0 Å². The average Bonchev–Trinajstić information content (AvgIpc) is 2.90. The SMILES string of the molecule is N#C/C(=C/c1ccc(Cl)s1)C(=O)Nc1cccc(C(=O)O)c1. The van der Waals surface area contributed by atoms with Gasteiger partial charge in [-0.25, -0.2) is 4.79 Å². The molecule has 5 nitrogen and oxygen atoms in total. The Bertz CT molecular complexity index is 805. The highest BCUT2D eigenvalue weighted by Crippen LogP contribution is 2.23. The second-order valence-corrected chi connectivity index (χ2v) is 5.90. The van der Waals surface area contributed by atoms with Crippen LogP contribution in [0.2, 0.25) is 4.34 Å². The molecule has 2 rings (SSSR count). The van der Waals surface area contributed by atoms with E-state index in [0.717, 1.165) is 0 Å². The van der Waals surface area contributed by atoms with E-state index in [2.05, 4.69) is 5.32 Å². The summed E-state index contributed by atoms with van der Waals surface area (Å²) in [7, 11) is 0. The molecule has 0 aliphatic carbocycles. The van der Waals surface area contributed by atoms with Gasteiger partial charge in [0.25, 0.3) is 5.91 Å². The number of aromatic carboxylic acids is 1. The molecular weight excluding hydrogens is 324 g/mol. The highest BCUT2D eigenvalue weighted by molar-refractivity contribution is 7.17. The van der Waals surface area contributed by atoms with Crippen LogP contribution >= 0.6 is 22.9 Å². The molecule has 1 aromatic carbocycles. The Hall–Kier alpha value is -2.62. The Labute approximate surface area is 135 Å². The standard InChI is InChI=1S/C15H9ClN2O3S/c16-13-5-4-12(22-13)7-10(8-17)14(19)18-11-3-1-2-9(6-11)15(20)21/h1-7H,(H,18,19)(H,20,21)/b10-7-. The normalized spacial score (nSPS) is 10.8. The third-order valence-electron chi connectivity index (χ3n) is 2.61. The van der Waals surface area contributed by atoms with Crippen molar-refractivity contribution >= 4 is 46.6 Å². The minimum absolute atomic E-state index is 0.0466. The molecule has 2 N–H and O–H groups in total. The molecule has 0 radical (unpaired) electrons. The number of carbonyl (C=O) groups is 2. The lowest BCUT2D eigenvalue weighted by Crippen LogP contribution is -2.13. The van der Waals surface area contributed by atoms with Crippen molar-refractivity contribution in [2.45, 2.75) is 0 Å². The van der Waals surface area contributed by atoms with E-state index in [-0.39, 0.29) is 11.1 Å². The lowest BCUT2D eigenvalue weighted by molar-refractivity contribution is -0.112. The average molecular weight is 333 g/mol. The van der Waals surface area contributed by atoms with Crippen LogP contribution in [0.15, 0.2) is 42.0 Å². The number of carboxylic acids is 1. The number of amides is 1. The molecule has 1 amide bonds. The maximum Gasteiger partial charge on any atom is 0.335 e. The van der Waals surface area contributed by atoms with E-state index in [1.54, 1.807) is 18.2 Å². The molecule has 0 fully saturated rings. The second-order valence-electron chi connectivity index (χ2n) is 4.15. The molecule has 0 aliphatic heterocycles. The number of nitrogens with zero attached hydrogens (tertiary/aromatic N) is 1. The molecular formula is C15H9ClN2O3S. The van der Waals surface area contributed by atoms with Crippen LogP contribution < -0.4 is 5.32 Å². The van der Waals surface area contributed by atoms with Gasteiger partial charge >= 0.3 is 5.97 Å². The number of hydrogen-bond acceptors (Lipinski definition) is 4. The quantitative estimate of drug-likeness (QED) is 0.660. The fourth-order valence-electron chi connectivity index (χ4n) is 1.63. The zero-order valence-electron chi connectivity index (χ0n) is 11.0. The topological polar surface area (TPSA) is 90.2 Å². The van der Waals surface area contributed by atoms with Gasteiger partial charge < -0.3 is 10.4 Å². The lowest BCUT2D eigenvalue weighted by atomic mass is 10.2. The Morgan fingerprint density at radius 3 is 2.68 bits per heavy atom. The van der Waals surface area contributed by atoms with Crippen LogP contribution in [0, 0.1) is 11.3 Å². The summed E-state index contributed by atoms with van der Waals surface area (Å²) in [4.78, 5) is 23.6. The maximum atomic E-state index is 12.1. The summed E-state index contributed by atoms with van der Waals surface area (Å²) in [6.45, 7) is 0.